The predicted octanol–water partition coefficient (Wildman–Crippen LogP) is 2.65. The van der Waals surface area contributed by atoms with Crippen molar-refractivity contribution in [3.8, 4) is 0 Å². The molecule has 3 N–H and O–H groups in total. The third-order valence-corrected chi connectivity index (χ3v) is 4.95. The lowest BCUT2D eigenvalue weighted by Gasteiger charge is -2.33. The van der Waals surface area contributed by atoms with E-state index in [1.807, 2.05) is 31.2 Å². The van der Waals surface area contributed by atoms with Gasteiger partial charge in [0, 0.05) is 11.7 Å². The number of anilines is 1. The summed E-state index contributed by atoms with van der Waals surface area (Å²) in [6, 6.07) is 7.13. The van der Waals surface area contributed by atoms with Gasteiger partial charge in [-0.25, -0.2) is 4.79 Å². The number of urea groups is 1. The number of amides is 3. The molecule has 2 aliphatic rings. The highest BCUT2D eigenvalue weighted by molar-refractivity contribution is 5.94. The highest BCUT2D eigenvalue weighted by Gasteiger charge is 2.46. The molecule has 0 unspecified atom stereocenters. The van der Waals surface area contributed by atoms with Crippen molar-refractivity contribution >= 4 is 17.6 Å². The maximum Gasteiger partial charge on any atom is 0.322 e. The Balaban J connectivity index is 1.78. The van der Waals surface area contributed by atoms with E-state index in [9.17, 15) is 9.59 Å². The van der Waals surface area contributed by atoms with Crippen molar-refractivity contribution in [2.75, 3.05) is 5.32 Å². The Hall–Kier alpha value is -2.04. The highest BCUT2D eigenvalue weighted by Crippen LogP contribution is 2.39. The quantitative estimate of drug-likeness (QED) is 0.881. The molecule has 5 heteroatoms. The lowest BCUT2D eigenvalue weighted by molar-refractivity contribution is -0.121. The second-order valence-electron chi connectivity index (χ2n) is 6.47. The number of primary amides is 1. The van der Waals surface area contributed by atoms with Crippen LogP contribution < -0.4 is 11.1 Å². The number of nitrogens with two attached hydrogens (primary N) is 1. The first-order valence-corrected chi connectivity index (χ1v) is 8.01. The standard InChI is InChI=1S/C17H23N3O2/c1-11-6-8-13(9-7-11)19-17(22)20-14-5-3-2-4-12(14)10-15(20)16(18)21/h6-9,12,14-15H,2-5,10H2,1H3,(H2,18,21)(H,19,22)/t12-,14+,15+/m1/s1. The maximum absolute atomic E-state index is 12.7. The van der Waals surface area contributed by atoms with Gasteiger partial charge < -0.3 is 16.0 Å². The van der Waals surface area contributed by atoms with Crippen molar-refractivity contribution in [3.63, 3.8) is 0 Å². The minimum atomic E-state index is -0.474. The van der Waals surface area contributed by atoms with E-state index in [-0.39, 0.29) is 12.1 Å². The summed E-state index contributed by atoms with van der Waals surface area (Å²) in [5.74, 6) is 0.0171. The predicted molar refractivity (Wildman–Crippen MR) is 85.4 cm³/mol. The monoisotopic (exact) mass is 301 g/mol. The lowest BCUT2D eigenvalue weighted by atomic mass is 9.85. The lowest BCUT2D eigenvalue weighted by Crippen LogP contribution is -2.49. The van der Waals surface area contributed by atoms with Gasteiger partial charge in [-0.15, -0.1) is 0 Å². The number of hydrogen-bond donors (Lipinski definition) is 2. The van der Waals surface area contributed by atoms with Crippen molar-refractivity contribution < 1.29 is 9.59 Å². The number of rotatable bonds is 2. The van der Waals surface area contributed by atoms with E-state index in [1.54, 1.807) is 4.90 Å². The first-order chi connectivity index (χ1) is 10.6. The van der Waals surface area contributed by atoms with Gasteiger partial charge in [0.05, 0.1) is 0 Å². The molecule has 1 aliphatic carbocycles. The van der Waals surface area contributed by atoms with Crippen molar-refractivity contribution in [1.29, 1.82) is 0 Å². The fourth-order valence-corrected chi connectivity index (χ4v) is 3.83. The second kappa shape index (κ2) is 5.99. The number of benzene rings is 1. The summed E-state index contributed by atoms with van der Waals surface area (Å²) in [7, 11) is 0. The smallest absolute Gasteiger partial charge is 0.322 e. The van der Waals surface area contributed by atoms with E-state index < -0.39 is 11.9 Å². The molecule has 1 heterocycles. The molecule has 0 aromatic heterocycles. The topological polar surface area (TPSA) is 75.4 Å². The molecule has 1 aromatic rings. The molecule has 118 valence electrons. The highest BCUT2D eigenvalue weighted by atomic mass is 16.2. The maximum atomic E-state index is 12.7. The van der Waals surface area contributed by atoms with Gasteiger partial charge in [-0.05, 0) is 44.2 Å². The number of nitrogens with zero attached hydrogens (tertiary/aromatic N) is 1. The Morgan fingerprint density at radius 3 is 2.55 bits per heavy atom. The van der Waals surface area contributed by atoms with Crippen LogP contribution in [0.3, 0.4) is 0 Å². The van der Waals surface area contributed by atoms with E-state index >= 15 is 0 Å². The third-order valence-electron chi connectivity index (χ3n) is 4.95. The van der Waals surface area contributed by atoms with Crippen LogP contribution in [0.1, 0.15) is 37.7 Å². The van der Waals surface area contributed by atoms with Crippen molar-refractivity contribution in [3.05, 3.63) is 29.8 Å². The number of aryl methyl sites for hydroxylation is 1. The number of hydrogen-bond acceptors (Lipinski definition) is 2. The summed E-state index contributed by atoms with van der Waals surface area (Å²) in [4.78, 5) is 26.1. The molecular weight excluding hydrogens is 278 g/mol. The van der Waals surface area contributed by atoms with E-state index in [0.29, 0.717) is 12.3 Å². The Kier molecular flexibility index (Phi) is 4.05. The SMILES string of the molecule is Cc1ccc(NC(=O)N2[C@H](C(N)=O)C[C@H]3CCCC[C@@H]32)cc1. The average Bonchev–Trinajstić information content (AvgIpc) is 2.89. The summed E-state index contributed by atoms with van der Waals surface area (Å²) < 4.78 is 0. The zero-order chi connectivity index (χ0) is 15.7. The summed E-state index contributed by atoms with van der Waals surface area (Å²) >= 11 is 0. The Bertz CT molecular complexity index is 570. The van der Waals surface area contributed by atoms with E-state index in [1.165, 1.54) is 6.42 Å². The van der Waals surface area contributed by atoms with Crippen LogP contribution in [0.5, 0.6) is 0 Å². The number of carbonyl (C=O) groups excluding carboxylic acids is 2. The first-order valence-electron chi connectivity index (χ1n) is 8.01. The van der Waals surface area contributed by atoms with Crippen LogP contribution in [0, 0.1) is 12.8 Å². The molecule has 1 saturated heterocycles. The molecule has 3 amide bonds. The Morgan fingerprint density at radius 2 is 1.86 bits per heavy atom. The molecule has 22 heavy (non-hydrogen) atoms. The van der Waals surface area contributed by atoms with Crippen molar-refractivity contribution in [1.82, 2.24) is 4.90 Å². The van der Waals surface area contributed by atoms with Crippen LogP contribution in [0.2, 0.25) is 0 Å². The summed E-state index contributed by atoms with van der Waals surface area (Å²) in [6.45, 7) is 2.00. The minimum Gasteiger partial charge on any atom is -0.368 e. The van der Waals surface area contributed by atoms with Crippen LogP contribution in [0.15, 0.2) is 24.3 Å². The van der Waals surface area contributed by atoms with Gasteiger partial charge in [-0.3, -0.25) is 4.79 Å². The van der Waals surface area contributed by atoms with Crippen LogP contribution in [0.4, 0.5) is 10.5 Å². The molecule has 0 radical (unpaired) electrons. The van der Waals surface area contributed by atoms with Gasteiger partial charge in [0.1, 0.15) is 6.04 Å². The molecule has 1 aromatic carbocycles. The minimum absolute atomic E-state index is 0.150. The van der Waals surface area contributed by atoms with Crippen LogP contribution >= 0.6 is 0 Å². The van der Waals surface area contributed by atoms with Crippen LogP contribution in [-0.2, 0) is 4.79 Å². The van der Waals surface area contributed by atoms with E-state index in [4.69, 9.17) is 5.73 Å². The van der Waals surface area contributed by atoms with Gasteiger partial charge in [-0.1, -0.05) is 30.5 Å². The molecule has 1 aliphatic heterocycles. The Labute approximate surface area is 130 Å². The number of carbonyl (C=O) groups is 2. The van der Waals surface area contributed by atoms with E-state index in [2.05, 4.69) is 5.32 Å². The van der Waals surface area contributed by atoms with Gasteiger partial charge in [-0.2, -0.15) is 0 Å². The number of likely N-dealkylation sites (tertiary alicyclic amines) is 1. The third kappa shape index (κ3) is 2.80. The zero-order valence-corrected chi connectivity index (χ0v) is 12.9. The molecule has 0 spiro atoms. The zero-order valence-electron chi connectivity index (χ0n) is 12.9. The number of nitrogens with one attached hydrogen (secondary N) is 1. The molecule has 2 fully saturated rings. The molecule has 1 saturated carbocycles. The summed E-state index contributed by atoms with van der Waals surface area (Å²) in [5, 5.41) is 2.91. The summed E-state index contributed by atoms with van der Waals surface area (Å²) in [6.07, 6.45) is 5.06. The van der Waals surface area contributed by atoms with Gasteiger partial charge in [0.15, 0.2) is 0 Å². The molecule has 3 rings (SSSR count). The molecule has 3 atom stereocenters. The number of fused-ring (bicyclic) bond motifs is 1. The first kappa shape index (κ1) is 14.9. The fraction of sp³-hybridized carbons (Fsp3) is 0.529. The normalized spacial score (nSPS) is 27.3. The Morgan fingerprint density at radius 1 is 1.18 bits per heavy atom. The van der Waals surface area contributed by atoms with Gasteiger partial charge in [0.25, 0.3) is 0 Å². The van der Waals surface area contributed by atoms with Gasteiger partial charge in [0.2, 0.25) is 5.91 Å². The average molecular weight is 301 g/mol. The summed E-state index contributed by atoms with van der Waals surface area (Å²) in [5.41, 5.74) is 7.42. The fourth-order valence-electron chi connectivity index (χ4n) is 3.83. The molecule has 0 bridgehead atoms. The van der Waals surface area contributed by atoms with Crippen LogP contribution in [-0.4, -0.2) is 28.9 Å². The van der Waals surface area contributed by atoms with Crippen LogP contribution in [0.25, 0.3) is 0 Å². The molecule has 5 nitrogen and oxygen atoms in total. The van der Waals surface area contributed by atoms with E-state index in [0.717, 1.165) is 30.5 Å². The van der Waals surface area contributed by atoms with Crippen molar-refractivity contribution in [2.24, 2.45) is 11.7 Å². The molecular formula is C17H23N3O2. The largest absolute Gasteiger partial charge is 0.368 e. The van der Waals surface area contributed by atoms with Gasteiger partial charge >= 0.3 is 6.03 Å². The van der Waals surface area contributed by atoms with Crippen molar-refractivity contribution in [2.45, 2.75) is 51.1 Å². The second-order valence-corrected chi connectivity index (χ2v) is 6.47.